The molecular formula is C20H22O3. The lowest BCUT2D eigenvalue weighted by atomic mass is 10.1. The van der Waals surface area contributed by atoms with Gasteiger partial charge in [0.15, 0.2) is 0 Å². The van der Waals surface area contributed by atoms with E-state index in [9.17, 15) is 4.79 Å². The van der Waals surface area contributed by atoms with Gasteiger partial charge >= 0.3 is 5.97 Å². The molecule has 3 heteroatoms. The molecule has 1 aliphatic rings. The zero-order chi connectivity index (χ0) is 16.5. The first-order valence-corrected chi connectivity index (χ1v) is 7.78. The van der Waals surface area contributed by atoms with Crippen molar-refractivity contribution in [1.82, 2.24) is 0 Å². The highest BCUT2D eigenvalue weighted by atomic mass is 16.5. The van der Waals surface area contributed by atoms with Crippen LogP contribution in [0.5, 0.6) is 0 Å². The van der Waals surface area contributed by atoms with Crippen molar-refractivity contribution in [3.63, 3.8) is 0 Å². The summed E-state index contributed by atoms with van der Waals surface area (Å²) < 4.78 is 10.8. The first-order valence-electron chi connectivity index (χ1n) is 7.78. The van der Waals surface area contributed by atoms with Gasteiger partial charge in [-0.3, -0.25) is 0 Å². The Bertz CT molecular complexity index is 649. The Kier molecular flexibility index (Phi) is 6.42. The maximum absolute atomic E-state index is 11.4. The number of benzene rings is 1. The minimum atomic E-state index is -0.314. The van der Waals surface area contributed by atoms with Gasteiger partial charge in [-0.1, -0.05) is 42.5 Å². The number of rotatable bonds is 6. The highest BCUT2D eigenvalue weighted by Crippen LogP contribution is 2.20. The highest BCUT2D eigenvalue weighted by molar-refractivity contribution is 5.82. The van der Waals surface area contributed by atoms with Crippen LogP contribution in [0.1, 0.15) is 25.8 Å². The Morgan fingerprint density at radius 2 is 2.04 bits per heavy atom. The average molecular weight is 310 g/mol. The third kappa shape index (κ3) is 5.62. The van der Waals surface area contributed by atoms with Gasteiger partial charge in [0, 0.05) is 6.08 Å². The van der Waals surface area contributed by atoms with E-state index in [2.05, 4.69) is 0 Å². The van der Waals surface area contributed by atoms with E-state index in [1.54, 1.807) is 6.92 Å². The van der Waals surface area contributed by atoms with Gasteiger partial charge in [-0.05, 0) is 49.1 Å². The van der Waals surface area contributed by atoms with Crippen LogP contribution in [-0.2, 0) is 20.9 Å². The quantitative estimate of drug-likeness (QED) is 0.574. The zero-order valence-electron chi connectivity index (χ0n) is 13.6. The fourth-order valence-corrected chi connectivity index (χ4v) is 2.21. The molecule has 0 saturated carbocycles. The SMILES string of the molecule is CCOC(=O)/C=C/C1=C(C)C=C(OCc2ccccc2)C=CC1. The molecule has 0 spiro atoms. The monoisotopic (exact) mass is 310 g/mol. The molecule has 0 unspecified atom stereocenters. The van der Waals surface area contributed by atoms with E-state index in [1.807, 2.05) is 61.6 Å². The Hall–Kier alpha value is -2.55. The first kappa shape index (κ1) is 16.8. The minimum Gasteiger partial charge on any atom is -0.489 e. The lowest BCUT2D eigenvalue weighted by molar-refractivity contribution is -0.137. The smallest absolute Gasteiger partial charge is 0.330 e. The van der Waals surface area contributed by atoms with Crippen LogP contribution in [0.25, 0.3) is 0 Å². The van der Waals surface area contributed by atoms with Gasteiger partial charge in [0.05, 0.1) is 6.61 Å². The molecule has 0 amide bonds. The van der Waals surface area contributed by atoms with Gasteiger partial charge in [0.1, 0.15) is 12.4 Å². The van der Waals surface area contributed by atoms with Crippen molar-refractivity contribution in [2.45, 2.75) is 26.9 Å². The van der Waals surface area contributed by atoms with Crippen molar-refractivity contribution in [2.24, 2.45) is 0 Å². The molecule has 3 nitrogen and oxygen atoms in total. The first-order chi connectivity index (χ1) is 11.2. The van der Waals surface area contributed by atoms with E-state index in [-0.39, 0.29) is 5.97 Å². The summed E-state index contributed by atoms with van der Waals surface area (Å²) in [7, 11) is 0. The Morgan fingerprint density at radius 3 is 2.78 bits per heavy atom. The van der Waals surface area contributed by atoms with Gasteiger partial charge in [-0.15, -0.1) is 0 Å². The van der Waals surface area contributed by atoms with Gasteiger partial charge < -0.3 is 9.47 Å². The van der Waals surface area contributed by atoms with Crippen molar-refractivity contribution in [3.05, 3.63) is 83.2 Å². The number of hydrogen-bond donors (Lipinski definition) is 0. The second kappa shape index (κ2) is 8.79. The summed E-state index contributed by atoms with van der Waals surface area (Å²) in [6, 6.07) is 10.1. The third-order valence-corrected chi connectivity index (χ3v) is 3.44. The number of esters is 1. The summed E-state index contributed by atoms with van der Waals surface area (Å²) in [5, 5.41) is 0. The Balaban J connectivity index is 2.03. The van der Waals surface area contributed by atoms with Crippen molar-refractivity contribution < 1.29 is 14.3 Å². The molecule has 1 aliphatic carbocycles. The van der Waals surface area contributed by atoms with Gasteiger partial charge in [-0.25, -0.2) is 4.79 Å². The zero-order valence-corrected chi connectivity index (χ0v) is 13.6. The van der Waals surface area contributed by atoms with Gasteiger partial charge in [-0.2, -0.15) is 0 Å². The van der Waals surface area contributed by atoms with E-state index in [1.165, 1.54) is 6.08 Å². The second-order valence-corrected chi connectivity index (χ2v) is 5.22. The molecule has 120 valence electrons. The number of ether oxygens (including phenoxy) is 2. The molecule has 0 radical (unpaired) electrons. The predicted molar refractivity (Wildman–Crippen MR) is 91.5 cm³/mol. The molecule has 0 fully saturated rings. The Morgan fingerprint density at radius 1 is 1.26 bits per heavy atom. The fourth-order valence-electron chi connectivity index (χ4n) is 2.21. The molecule has 0 saturated heterocycles. The topological polar surface area (TPSA) is 35.5 Å². The number of allylic oxidation sites excluding steroid dienone is 6. The molecule has 0 atom stereocenters. The van der Waals surface area contributed by atoms with E-state index in [0.717, 1.165) is 28.9 Å². The summed E-state index contributed by atoms with van der Waals surface area (Å²) in [4.78, 5) is 11.4. The second-order valence-electron chi connectivity index (χ2n) is 5.22. The molecule has 0 heterocycles. The normalized spacial score (nSPS) is 14.6. The fraction of sp³-hybridized carbons (Fsp3) is 0.250. The largest absolute Gasteiger partial charge is 0.489 e. The predicted octanol–water partition coefficient (Wildman–Crippen LogP) is 4.48. The van der Waals surface area contributed by atoms with Crippen LogP contribution in [0.15, 0.2) is 77.6 Å². The molecule has 23 heavy (non-hydrogen) atoms. The summed E-state index contributed by atoms with van der Waals surface area (Å²) >= 11 is 0. The lowest BCUT2D eigenvalue weighted by Gasteiger charge is -2.07. The summed E-state index contributed by atoms with van der Waals surface area (Å²) in [6.45, 7) is 4.74. The molecule has 2 rings (SSSR count). The van der Waals surface area contributed by atoms with Gasteiger partial charge in [0.2, 0.25) is 0 Å². The summed E-state index contributed by atoms with van der Waals surface area (Å²) in [5.41, 5.74) is 3.29. The van der Waals surface area contributed by atoms with Crippen LogP contribution in [0, 0.1) is 0 Å². The van der Waals surface area contributed by atoms with Crippen molar-refractivity contribution in [3.8, 4) is 0 Å². The Labute approximate surface area is 137 Å². The van der Waals surface area contributed by atoms with E-state index < -0.39 is 0 Å². The van der Waals surface area contributed by atoms with Crippen LogP contribution in [-0.4, -0.2) is 12.6 Å². The van der Waals surface area contributed by atoms with Gasteiger partial charge in [0.25, 0.3) is 0 Å². The van der Waals surface area contributed by atoms with Crippen LogP contribution < -0.4 is 0 Å². The molecule has 0 bridgehead atoms. The highest BCUT2D eigenvalue weighted by Gasteiger charge is 2.05. The minimum absolute atomic E-state index is 0.314. The number of hydrogen-bond acceptors (Lipinski definition) is 3. The summed E-state index contributed by atoms with van der Waals surface area (Å²) in [5.74, 6) is 0.511. The molecule has 0 aromatic heterocycles. The van der Waals surface area contributed by atoms with Crippen LogP contribution >= 0.6 is 0 Å². The maximum Gasteiger partial charge on any atom is 0.330 e. The summed E-state index contributed by atoms with van der Waals surface area (Å²) in [6.07, 6.45) is 10.1. The molecule has 1 aromatic rings. The molecule has 0 N–H and O–H groups in total. The standard InChI is InChI=1S/C20H22O3/c1-3-22-20(21)13-12-18-10-7-11-19(14-16(18)2)23-15-17-8-5-4-6-9-17/h4-9,11-14H,3,10,15H2,1-2H3/b13-12+. The van der Waals surface area contributed by atoms with Crippen LogP contribution in [0.3, 0.4) is 0 Å². The maximum atomic E-state index is 11.4. The van der Waals surface area contributed by atoms with Crippen LogP contribution in [0.2, 0.25) is 0 Å². The van der Waals surface area contributed by atoms with Crippen molar-refractivity contribution >= 4 is 5.97 Å². The number of carbonyl (C=O) groups excluding carboxylic acids is 1. The van der Waals surface area contributed by atoms with Crippen molar-refractivity contribution in [2.75, 3.05) is 6.61 Å². The third-order valence-electron chi connectivity index (χ3n) is 3.44. The molecular weight excluding hydrogens is 288 g/mol. The lowest BCUT2D eigenvalue weighted by Crippen LogP contribution is -1.99. The van der Waals surface area contributed by atoms with E-state index in [0.29, 0.717) is 13.2 Å². The molecule has 1 aromatic carbocycles. The molecule has 0 aliphatic heterocycles. The average Bonchev–Trinajstić information content (AvgIpc) is 2.73. The number of carbonyl (C=O) groups is 1. The van der Waals surface area contributed by atoms with Crippen molar-refractivity contribution in [1.29, 1.82) is 0 Å². The van der Waals surface area contributed by atoms with E-state index in [4.69, 9.17) is 9.47 Å². The van der Waals surface area contributed by atoms with Crippen LogP contribution in [0.4, 0.5) is 0 Å². The van der Waals surface area contributed by atoms with E-state index >= 15 is 0 Å².